The Kier molecular flexibility index (Phi) is 9.14. The summed E-state index contributed by atoms with van der Waals surface area (Å²) in [4.78, 5) is 13.1. The normalized spacial score (nSPS) is 11.4. The van der Waals surface area contributed by atoms with E-state index in [1.807, 2.05) is 20.8 Å². The van der Waals surface area contributed by atoms with Gasteiger partial charge in [0.25, 0.3) is 0 Å². The van der Waals surface area contributed by atoms with Crippen LogP contribution in [0.5, 0.6) is 0 Å². The van der Waals surface area contributed by atoms with Gasteiger partial charge in [0.2, 0.25) is 0 Å². The maximum atomic E-state index is 11.6. The molecule has 0 aliphatic rings. The predicted octanol–water partition coefficient (Wildman–Crippen LogP) is 2.13. The van der Waals surface area contributed by atoms with Crippen LogP contribution in [-0.4, -0.2) is 62.5 Å². The van der Waals surface area contributed by atoms with Gasteiger partial charge in [-0.15, -0.1) is 11.6 Å². The Morgan fingerprint density at radius 1 is 1.11 bits per heavy atom. The molecule has 0 saturated heterocycles. The molecule has 0 unspecified atom stereocenters. The van der Waals surface area contributed by atoms with Crippen molar-refractivity contribution in [3.8, 4) is 0 Å². The fourth-order valence-electron chi connectivity index (χ4n) is 1.01. The standard InChI is InChI=1S/C12H24ClNO4/c1-12(2,3)18-11(15)14(4)6-8-17-10-9-16-7-5-13/h5-10H2,1-4H3. The number of rotatable bonds is 8. The number of carbonyl (C=O) groups excluding carboxylic acids is 1. The Bertz CT molecular complexity index is 231. The average Bonchev–Trinajstić information content (AvgIpc) is 2.25. The molecular weight excluding hydrogens is 258 g/mol. The summed E-state index contributed by atoms with van der Waals surface area (Å²) >= 11 is 5.45. The minimum Gasteiger partial charge on any atom is -0.444 e. The first-order chi connectivity index (χ1) is 8.37. The van der Waals surface area contributed by atoms with Gasteiger partial charge in [-0.05, 0) is 20.8 Å². The summed E-state index contributed by atoms with van der Waals surface area (Å²) in [5.74, 6) is 0.487. The van der Waals surface area contributed by atoms with Gasteiger partial charge in [0, 0.05) is 19.5 Å². The molecule has 0 aromatic rings. The third kappa shape index (κ3) is 10.6. The topological polar surface area (TPSA) is 48.0 Å². The van der Waals surface area contributed by atoms with Crippen molar-refractivity contribution in [1.82, 2.24) is 4.90 Å². The van der Waals surface area contributed by atoms with Gasteiger partial charge in [-0.25, -0.2) is 4.79 Å². The van der Waals surface area contributed by atoms with E-state index in [9.17, 15) is 4.79 Å². The lowest BCUT2D eigenvalue weighted by atomic mass is 10.2. The molecule has 1 amide bonds. The smallest absolute Gasteiger partial charge is 0.410 e. The zero-order valence-corrected chi connectivity index (χ0v) is 12.5. The van der Waals surface area contributed by atoms with Gasteiger partial charge in [0.05, 0.1) is 26.4 Å². The van der Waals surface area contributed by atoms with Crippen molar-refractivity contribution >= 4 is 17.7 Å². The summed E-state index contributed by atoms with van der Waals surface area (Å²) in [5.41, 5.74) is -0.471. The number of halogens is 1. The van der Waals surface area contributed by atoms with Crippen LogP contribution in [0.25, 0.3) is 0 Å². The van der Waals surface area contributed by atoms with Crippen LogP contribution < -0.4 is 0 Å². The second-order valence-electron chi connectivity index (χ2n) is 4.82. The van der Waals surface area contributed by atoms with Crippen molar-refractivity contribution in [1.29, 1.82) is 0 Å². The van der Waals surface area contributed by atoms with Gasteiger partial charge in [0.15, 0.2) is 0 Å². The van der Waals surface area contributed by atoms with E-state index in [0.717, 1.165) is 0 Å². The molecule has 0 aromatic carbocycles. The summed E-state index contributed by atoms with van der Waals surface area (Å²) in [5, 5.41) is 0. The fraction of sp³-hybridized carbons (Fsp3) is 0.917. The van der Waals surface area contributed by atoms with Gasteiger partial charge in [-0.2, -0.15) is 0 Å². The van der Waals surface area contributed by atoms with Gasteiger partial charge in [-0.3, -0.25) is 0 Å². The van der Waals surface area contributed by atoms with Gasteiger partial charge in [-0.1, -0.05) is 0 Å². The molecule has 0 saturated carbocycles. The second-order valence-corrected chi connectivity index (χ2v) is 5.19. The highest BCUT2D eigenvalue weighted by Gasteiger charge is 2.19. The Morgan fingerprint density at radius 2 is 1.67 bits per heavy atom. The molecule has 0 N–H and O–H groups in total. The molecule has 0 aliphatic carbocycles. The largest absolute Gasteiger partial charge is 0.444 e. The van der Waals surface area contributed by atoms with Crippen molar-refractivity contribution in [3.63, 3.8) is 0 Å². The number of alkyl halides is 1. The molecule has 0 spiro atoms. The van der Waals surface area contributed by atoms with Crippen LogP contribution in [0.2, 0.25) is 0 Å². The van der Waals surface area contributed by atoms with Crippen LogP contribution in [0.3, 0.4) is 0 Å². The molecule has 0 radical (unpaired) electrons. The van der Waals surface area contributed by atoms with Gasteiger partial charge < -0.3 is 19.1 Å². The van der Waals surface area contributed by atoms with Crippen molar-refractivity contribution < 1.29 is 19.0 Å². The lowest BCUT2D eigenvalue weighted by molar-refractivity contribution is 0.0170. The van der Waals surface area contributed by atoms with E-state index in [2.05, 4.69) is 0 Å². The number of nitrogens with zero attached hydrogens (tertiary/aromatic N) is 1. The lowest BCUT2D eigenvalue weighted by Crippen LogP contribution is -2.36. The molecule has 108 valence electrons. The highest BCUT2D eigenvalue weighted by molar-refractivity contribution is 6.17. The number of hydrogen-bond donors (Lipinski definition) is 0. The zero-order chi connectivity index (χ0) is 14.0. The summed E-state index contributed by atoms with van der Waals surface area (Å²) < 4.78 is 15.7. The third-order valence-corrected chi connectivity index (χ3v) is 2.02. The molecule has 0 aromatic heterocycles. The maximum Gasteiger partial charge on any atom is 0.410 e. The zero-order valence-electron chi connectivity index (χ0n) is 11.7. The number of ether oxygens (including phenoxy) is 3. The minimum absolute atomic E-state index is 0.343. The Hall–Kier alpha value is -0.520. The highest BCUT2D eigenvalue weighted by Crippen LogP contribution is 2.08. The Morgan fingerprint density at radius 3 is 2.17 bits per heavy atom. The molecule has 5 nitrogen and oxygen atoms in total. The third-order valence-electron chi connectivity index (χ3n) is 1.87. The average molecular weight is 282 g/mol. The van der Waals surface area contributed by atoms with E-state index in [-0.39, 0.29) is 6.09 Å². The first kappa shape index (κ1) is 17.5. The van der Waals surface area contributed by atoms with E-state index >= 15 is 0 Å². The lowest BCUT2D eigenvalue weighted by Gasteiger charge is -2.24. The Balaban J connectivity index is 3.52. The van der Waals surface area contributed by atoms with Crippen LogP contribution in [0.1, 0.15) is 20.8 Å². The van der Waals surface area contributed by atoms with Crippen LogP contribution in [0.4, 0.5) is 4.79 Å². The fourth-order valence-corrected chi connectivity index (χ4v) is 1.12. The van der Waals surface area contributed by atoms with Crippen molar-refractivity contribution in [3.05, 3.63) is 0 Å². The van der Waals surface area contributed by atoms with Gasteiger partial charge >= 0.3 is 6.09 Å². The van der Waals surface area contributed by atoms with Gasteiger partial charge in [0.1, 0.15) is 5.60 Å². The SMILES string of the molecule is CN(CCOCCOCCCl)C(=O)OC(C)(C)C. The van der Waals surface area contributed by atoms with Crippen LogP contribution in [0, 0.1) is 0 Å². The summed E-state index contributed by atoms with van der Waals surface area (Å²) in [7, 11) is 1.68. The quantitative estimate of drug-likeness (QED) is 0.505. The van der Waals surface area contributed by atoms with E-state index in [1.54, 1.807) is 7.05 Å². The molecule has 6 heteroatoms. The molecule has 0 heterocycles. The summed E-state index contributed by atoms with van der Waals surface area (Å²) in [6.45, 7) is 8.01. The van der Waals surface area contributed by atoms with Crippen LogP contribution >= 0.6 is 11.6 Å². The molecule has 18 heavy (non-hydrogen) atoms. The van der Waals surface area contributed by atoms with Crippen molar-refractivity contribution in [2.45, 2.75) is 26.4 Å². The molecule has 0 fully saturated rings. The van der Waals surface area contributed by atoms with E-state index < -0.39 is 5.60 Å². The number of carbonyl (C=O) groups is 1. The van der Waals surface area contributed by atoms with E-state index in [4.69, 9.17) is 25.8 Å². The number of hydrogen-bond acceptors (Lipinski definition) is 4. The molecule has 0 aliphatic heterocycles. The Labute approximate surface area is 114 Å². The summed E-state index contributed by atoms with van der Waals surface area (Å²) in [6.07, 6.45) is -0.343. The van der Waals surface area contributed by atoms with Crippen LogP contribution in [0.15, 0.2) is 0 Å². The number of likely N-dealkylation sites (N-methyl/N-ethyl adjacent to an activating group) is 1. The first-order valence-corrected chi connectivity index (χ1v) is 6.56. The van der Waals surface area contributed by atoms with Crippen molar-refractivity contribution in [2.24, 2.45) is 0 Å². The van der Waals surface area contributed by atoms with Crippen LogP contribution in [-0.2, 0) is 14.2 Å². The van der Waals surface area contributed by atoms with E-state index in [1.165, 1.54) is 4.90 Å². The second kappa shape index (κ2) is 9.42. The predicted molar refractivity (Wildman–Crippen MR) is 71.2 cm³/mol. The monoisotopic (exact) mass is 281 g/mol. The number of amides is 1. The molecule has 0 rings (SSSR count). The van der Waals surface area contributed by atoms with E-state index in [0.29, 0.717) is 38.9 Å². The maximum absolute atomic E-state index is 11.6. The highest BCUT2D eigenvalue weighted by atomic mass is 35.5. The van der Waals surface area contributed by atoms with Crippen molar-refractivity contribution in [2.75, 3.05) is 45.9 Å². The molecule has 0 bridgehead atoms. The first-order valence-electron chi connectivity index (χ1n) is 6.02. The summed E-state index contributed by atoms with van der Waals surface area (Å²) in [6, 6.07) is 0. The minimum atomic E-state index is -0.471. The molecule has 0 atom stereocenters. The molecular formula is C12H24ClNO4.